The van der Waals surface area contributed by atoms with Crippen LogP contribution in [0.5, 0.6) is 0 Å². The fraction of sp³-hybridized carbons (Fsp3) is 0. The highest BCUT2D eigenvalue weighted by Gasteiger charge is 2.01. The molecular weight excluding hydrogens is 300 g/mol. The molecule has 0 aliphatic heterocycles. The normalized spacial score (nSPS) is 10.8. The standard InChI is InChI=1S/C15H10Cl2FNO/c16-13-6-5-12(9-14(13)17)19-8-7-15(20)10-1-3-11(18)4-2-10/h1-9,19H. The minimum atomic E-state index is -0.375. The Morgan fingerprint density at radius 2 is 1.75 bits per heavy atom. The number of anilines is 1. The maximum atomic E-state index is 12.7. The van der Waals surface area contributed by atoms with Gasteiger partial charge < -0.3 is 5.32 Å². The molecular formula is C15H10Cl2FNO. The summed E-state index contributed by atoms with van der Waals surface area (Å²) < 4.78 is 12.7. The Labute approximate surface area is 125 Å². The highest BCUT2D eigenvalue weighted by atomic mass is 35.5. The molecule has 0 atom stereocenters. The number of allylic oxidation sites excluding steroid dienone is 1. The summed E-state index contributed by atoms with van der Waals surface area (Å²) in [6.45, 7) is 0. The van der Waals surface area contributed by atoms with Gasteiger partial charge in [-0.25, -0.2) is 4.39 Å². The summed E-state index contributed by atoms with van der Waals surface area (Å²) in [6.07, 6.45) is 2.85. The second-order valence-corrected chi connectivity index (χ2v) is 4.79. The Balaban J connectivity index is 2.00. The van der Waals surface area contributed by atoms with E-state index in [-0.39, 0.29) is 11.6 Å². The van der Waals surface area contributed by atoms with E-state index in [0.29, 0.717) is 21.3 Å². The first-order valence-electron chi connectivity index (χ1n) is 5.74. The van der Waals surface area contributed by atoms with Crippen molar-refractivity contribution in [2.75, 3.05) is 5.32 Å². The summed E-state index contributed by atoms with van der Waals surface area (Å²) >= 11 is 11.7. The topological polar surface area (TPSA) is 29.1 Å². The molecule has 0 saturated heterocycles. The van der Waals surface area contributed by atoms with E-state index in [9.17, 15) is 9.18 Å². The summed E-state index contributed by atoms with van der Waals surface area (Å²) in [5, 5.41) is 3.79. The van der Waals surface area contributed by atoms with E-state index in [1.807, 2.05) is 0 Å². The third kappa shape index (κ3) is 3.83. The predicted octanol–water partition coefficient (Wildman–Crippen LogP) is 4.94. The summed E-state index contributed by atoms with van der Waals surface area (Å²) in [6, 6.07) is 10.4. The molecule has 102 valence electrons. The molecule has 0 unspecified atom stereocenters. The lowest BCUT2D eigenvalue weighted by atomic mass is 10.1. The number of hydrogen-bond acceptors (Lipinski definition) is 2. The van der Waals surface area contributed by atoms with E-state index in [1.54, 1.807) is 18.2 Å². The maximum Gasteiger partial charge on any atom is 0.187 e. The van der Waals surface area contributed by atoms with Crippen LogP contribution in [-0.2, 0) is 0 Å². The number of rotatable bonds is 4. The molecule has 0 radical (unpaired) electrons. The average molecular weight is 310 g/mol. The van der Waals surface area contributed by atoms with Gasteiger partial charge >= 0.3 is 0 Å². The largest absolute Gasteiger partial charge is 0.362 e. The Bertz CT molecular complexity index is 653. The number of carbonyl (C=O) groups is 1. The van der Waals surface area contributed by atoms with Crippen LogP contribution < -0.4 is 5.32 Å². The zero-order valence-electron chi connectivity index (χ0n) is 10.2. The highest BCUT2D eigenvalue weighted by Crippen LogP contribution is 2.24. The van der Waals surface area contributed by atoms with Crippen LogP contribution in [0.2, 0.25) is 10.0 Å². The van der Waals surface area contributed by atoms with Crippen LogP contribution in [0.25, 0.3) is 0 Å². The van der Waals surface area contributed by atoms with E-state index in [4.69, 9.17) is 23.2 Å². The van der Waals surface area contributed by atoms with Crippen LogP contribution in [0.15, 0.2) is 54.7 Å². The van der Waals surface area contributed by atoms with Crippen molar-refractivity contribution in [1.82, 2.24) is 0 Å². The Hall–Kier alpha value is -1.84. The Kier molecular flexibility index (Phi) is 4.77. The maximum absolute atomic E-state index is 12.7. The molecule has 2 aromatic carbocycles. The zero-order valence-corrected chi connectivity index (χ0v) is 11.8. The lowest BCUT2D eigenvalue weighted by Gasteiger charge is -2.02. The van der Waals surface area contributed by atoms with Crippen molar-refractivity contribution in [2.45, 2.75) is 0 Å². The van der Waals surface area contributed by atoms with Crippen molar-refractivity contribution in [2.24, 2.45) is 0 Å². The fourth-order valence-electron chi connectivity index (χ4n) is 1.51. The van der Waals surface area contributed by atoms with Crippen molar-refractivity contribution in [3.63, 3.8) is 0 Å². The third-order valence-electron chi connectivity index (χ3n) is 2.53. The second-order valence-electron chi connectivity index (χ2n) is 3.98. The molecule has 0 saturated carbocycles. The van der Waals surface area contributed by atoms with E-state index in [0.717, 1.165) is 0 Å². The quantitative estimate of drug-likeness (QED) is 0.640. The molecule has 2 aromatic rings. The number of halogens is 3. The summed E-state index contributed by atoms with van der Waals surface area (Å²) in [7, 11) is 0. The first-order valence-corrected chi connectivity index (χ1v) is 6.50. The first kappa shape index (κ1) is 14.6. The molecule has 0 heterocycles. The predicted molar refractivity (Wildman–Crippen MR) is 80.0 cm³/mol. The van der Waals surface area contributed by atoms with Crippen molar-refractivity contribution in [3.05, 3.63) is 76.2 Å². The van der Waals surface area contributed by atoms with Gasteiger partial charge in [0, 0.05) is 23.5 Å². The Morgan fingerprint density at radius 3 is 2.40 bits per heavy atom. The van der Waals surface area contributed by atoms with Gasteiger partial charge in [0.05, 0.1) is 10.0 Å². The summed E-state index contributed by atoms with van der Waals surface area (Å²) in [5.41, 5.74) is 1.13. The minimum absolute atomic E-state index is 0.224. The number of hydrogen-bond donors (Lipinski definition) is 1. The highest BCUT2D eigenvalue weighted by molar-refractivity contribution is 6.42. The van der Waals surface area contributed by atoms with Crippen molar-refractivity contribution in [1.29, 1.82) is 0 Å². The lowest BCUT2D eigenvalue weighted by molar-refractivity contribution is 0.104. The smallest absolute Gasteiger partial charge is 0.187 e. The van der Waals surface area contributed by atoms with Gasteiger partial charge in [0.2, 0.25) is 0 Å². The second kappa shape index (κ2) is 6.55. The first-order chi connectivity index (χ1) is 9.56. The van der Waals surface area contributed by atoms with Crippen molar-refractivity contribution in [3.8, 4) is 0 Å². The number of ketones is 1. The number of carbonyl (C=O) groups excluding carboxylic acids is 1. The molecule has 0 fully saturated rings. The van der Waals surface area contributed by atoms with Gasteiger partial charge in [-0.2, -0.15) is 0 Å². The van der Waals surface area contributed by atoms with Crippen molar-refractivity contribution >= 4 is 34.7 Å². The Morgan fingerprint density at radius 1 is 1.05 bits per heavy atom. The van der Waals surface area contributed by atoms with Crippen molar-refractivity contribution < 1.29 is 9.18 Å². The zero-order chi connectivity index (χ0) is 14.5. The summed E-state index contributed by atoms with van der Waals surface area (Å²) in [4.78, 5) is 11.8. The average Bonchev–Trinajstić information content (AvgIpc) is 2.43. The fourth-order valence-corrected chi connectivity index (χ4v) is 1.81. The van der Waals surface area contributed by atoms with Gasteiger partial charge in [-0.1, -0.05) is 23.2 Å². The summed E-state index contributed by atoms with van der Waals surface area (Å²) in [5.74, 6) is -0.600. The monoisotopic (exact) mass is 309 g/mol. The molecule has 5 heteroatoms. The SMILES string of the molecule is O=C(C=CNc1ccc(Cl)c(Cl)c1)c1ccc(F)cc1. The molecule has 0 spiro atoms. The molecule has 2 nitrogen and oxygen atoms in total. The van der Waals surface area contributed by atoms with Crippen LogP contribution in [0, 0.1) is 5.82 Å². The van der Waals surface area contributed by atoms with Gasteiger partial charge in [0.25, 0.3) is 0 Å². The van der Waals surface area contributed by atoms with Crippen LogP contribution in [0.1, 0.15) is 10.4 Å². The van der Waals surface area contributed by atoms with E-state index < -0.39 is 0 Å². The van der Waals surface area contributed by atoms with E-state index >= 15 is 0 Å². The molecule has 0 aliphatic carbocycles. The van der Waals surface area contributed by atoms with Gasteiger partial charge in [0.1, 0.15) is 5.82 Å². The van der Waals surface area contributed by atoms with Crippen LogP contribution >= 0.6 is 23.2 Å². The molecule has 20 heavy (non-hydrogen) atoms. The molecule has 0 bridgehead atoms. The van der Waals surface area contributed by atoms with Gasteiger partial charge in [-0.15, -0.1) is 0 Å². The van der Waals surface area contributed by atoms with Gasteiger partial charge in [0.15, 0.2) is 5.78 Å². The van der Waals surface area contributed by atoms with Crippen LogP contribution in [0.4, 0.5) is 10.1 Å². The van der Waals surface area contributed by atoms with Crippen LogP contribution in [0.3, 0.4) is 0 Å². The molecule has 0 amide bonds. The van der Waals surface area contributed by atoms with E-state index in [1.165, 1.54) is 36.5 Å². The van der Waals surface area contributed by atoms with Gasteiger partial charge in [-0.05, 0) is 42.5 Å². The van der Waals surface area contributed by atoms with Crippen LogP contribution in [-0.4, -0.2) is 5.78 Å². The van der Waals surface area contributed by atoms with E-state index in [2.05, 4.69) is 5.32 Å². The molecule has 1 N–H and O–H groups in total. The third-order valence-corrected chi connectivity index (χ3v) is 3.27. The number of nitrogens with one attached hydrogen (secondary N) is 1. The minimum Gasteiger partial charge on any atom is -0.362 e. The molecule has 0 aromatic heterocycles. The molecule has 0 aliphatic rings. The molecule has 2 rings (SSSR count). The lowest BCUT2D eigenvalue weighted by Crippen LogP contribution is -1.96. The number of benzene rings is 2. The van der Waals surface area contributed by atoms with Gasteiger partial charge in [-0.3, -0.25) is 4.79 Å².